The van der Waals surface area contributed by atoms with Gasteiger partial charge in [-0.3, -0.25) is 0 Å². The fourth-order valence-electron chi connectivity index (χ4n) is 0.280. The van der Waals surface area contributed by atoms with Crippen molar-refractivity contribution in [2.45, 2.75) is 18.7 Å². The molecule has 2 heteroatoms. The first-order valence-corrected chi connectivity index (χ1v) is 3.40. The van der Waals surface area contributed by atoms with Crippen LogP contribution in [-0.2, 0) is 4.74 Å². The molecule has 0 heterocycles. The second-order valence-electron chi connectivity index (χ2n) is 1.44. The number of ether oxygens (including phenoxy) is 1. The standard InChI is InChI=1S/C5H11BrO/c1-3-7-4-5(2)6/h5H,3-4H2,1-2H3/t5-/m1/s1. The van der Waals surface area contributed by atoms with Crippen LogP contribution in [0.5, 0.6) is 0 Å². The van der Waals surface area contributed by atoms with Crippen LogP contribution < -0.4 is 0 Å². The van der Waals surface area contributed by atoms with Gasteiger partial charge in [-0.25, -0.2) is 0 Å². The zero-order valence-electron chi connectivity index (χ0n) is 4.78. The van der Waals surface area contributed by atoms with E-state index in [1.807, 2.05) is 6.92 Å². The maximum Gasteiger partial charge on any atom is 0.0588 e. The molecule has 0 aromatic rings. The van der Waals surface area contributed by atoms with Crippen LogP contribution >= 0.6 is 15.9 Å². The topological polar surface area (TPSA) is 9.23 Å². The molecule has 0 rings (SSSR count). The van der Waals surface area contributed by atoms with Gasteiger partial charge in [0.1, 0.15) is 0 Å². The summed E-state index contributed by atoms with van der Waals surface area (Å²) in [6.07, 6.45) is 0. The summed E-state index contributed by atoms with van der Waals surface area (Å²) in [5.74, 6) is 0. The van der Waals surface area contributed by atoms with Crippen molar-refractivity contribution >= 4 is 15.9 Å². The Kier molecular flexibility index (Phi) is 4.88. The van der Waals surface area contributed by atoms with E-state index in [0.717, 1.165) is 13.2 Å². The largest absolute Gasteiger partial charge is 0.381 e. The maximum atomic E-state index is 5.05. The molecule has 0 aliphatic carbocycles. The van der Waals surface area contributed by atoms with Gasteiger partial charge >= 0.3 is 0 Å². The van der Waals surface area contributed by atoms with Crippen LogP contribution in [0.1, 0.15) is 13.8 Å². The lowest BCUT2D eigenvalue weighted by Crippen LogP contribution is -2.02. The van der Waals surface area contributed by atoms with Crippen LogP contribution in [-0.4, -0.2) is 18.0 Å². The zero-order chi connectivity index (χ0) is 5.70. The lowest BCUT2D eigenvalue weighted by Gasteiger charge is -1.99. The highest BCUT2D eigenvalue weighted by Gasteiger charge is 1.90. The van der Waals surface area contributed by atoms with E-state index in [1.165, 1.54) is 0 Å². The third kappa shape index (κ3) is 6.44. The molecule has 0 aromatic carbocycles. The summed E-state index contributed by atoms with van der Waals surface area (Å²) in [7, 11) is 0. The number of halogens is 1. The molecule has 0 aliphatic rings. The van der Waals surface area contributed by atoms with Crippen LogP contribution in [0.25, 0.3) is 0 Å². The van der Waals surface area contributed by atoms with E-state index >= 15 is 0 Å². The second-order valence-corrected chi connectivity index (χ2v) is 3.00. The van der Waals surface area contributed by atoms with Crippen molar-refractivity contribution in [1.82, 2.24) is 0 Å². The van der Waals surface area contributed by atoms with Gasteiger partial charge in [-0.1, -0.05) is 22.9 Å². The lowest BCUT2D eigenvalue weighted by molar-refractivity contribution is 0.152. The van der Waals surface area contributed by atoms with Gasteiger partial charge in [0.2, 0.25) is 0 Å². The van der Waals surface area contributed by atoms with E-state index in [-0.39, 0.29) is 0 Å². The highest BCUT2D eigenvalue weighted by Crippen LogP contribution is 1.95. The SMILES string of the molecule is CCOC[C@@H](C)Br. The molecule has 0 spiro atoms. The maximum absolute atomic E-state index is 5.05. The first-order valence-electron chi connectivity index (χ1n) is 2.49. The highest BCUT2D eigenvalue weighted by atomic mass is 79.9. The van der Waals surface area contributed by atoms with Crippen LogP contribution in [0.15, 0.2) is 0 Å². The van der Waals surface area contributed by atoms with Crippen molar-refractivity contribution in [1.29, 1.82) is 0 Å². The van der Waals surface area contributed by atoms with Crippen molar-refractivity contribution < 1.29 is 4.74 Å². The molecular formula is C5H11BrO. The van der Waals surface area contributed by atoms with Crippen molar-refractivity contribution in [3.05, 3.63) is 0 Å². The molecule has 0 radical (unpaired) electrons. The van der Waals surface area contributed by atoms with Crippen LogP contribution in [0.4, 0.5) is 0 Å². The van der Waals surface area contributed by atoms with Gasteiger partial charge in [-0.2, -0.15) is 0 Å². The minimum Gasteiger partial charge on any atom is -0.381 e. The number of hydrogen-bond donors (Lipinski definition) is 0. The van der Waals surface area contributed by atoms with Gasteiger partial charge in [-0.15, -0.1) is 0 Å². The molecular weight excluding hydrogens is 156 g/mol. The molecule has 0 unspecified atom stereocenters. The summed E-state index contributed by atoms with van der Waals surface area (Å²) in [5, 5.41) is 0. The lowest BCUT2D eigenvalue weighted by atomic mass is 10.5. The normalized spacial score (nSPS) is 14.1. The summed E-state index contributed by atoms with van der Waals surface area (Å²) >= 11 is 3.35. The molecule has 0 bridgehead atoms. The highest BCUT2D eigenvalue weighted by molar-refractivity contribution is 9.09. The Bertz CT molecular complexity index is 37.1. The summed E-state index contributed by atoms with van der Waals surface area (Å²) in [6, 6.07) is 0. The number of hydrogen-bond acceptors (Lipinski definition) is 1. The Morgan fingerprint density at radius 1 is 1.71 bits per heavy atom. The van der Waals surface area contributed by atoms with Crippen LogP contribution in [0.2, 0.25) is 0 Å². The quantitative estimate of drug-likeness (QED) is 0.582. The van der Waals surface area contributed by atoms with Crippen LogP contribution in [0, 0.1) is 0 Å². The predicted molar refractivity (Wildman–Crippen MR) is 34.9 cm³/mol. The summed E-state index contributed by atoms with van der Waals surface area (Å²) in [5.41, 5.74) is 0. The Hall–Kier alpha value is 0.440. The monoisotopic (exact) mass is 166 g/mol. The van der Waals surface area contributed by atoms with E-state index in [0.29, 0.717) is 4.83 Å². The van der Waals surface area contributed by atoms with Gasteiger partial charge in [-0.05, 0) is 6.92 Å². The molecule has 0 saturated heterocycles. The average Bonchev–Trinajstić information content (AvgIpc) is 1.61. The molecule has 0 fully saturated rings. The fraction of sp³-hybridized carbons (Fsp3) is 1.00. The summed E-state index contributed by atoms with van der Waals surface area (Å²) in [4.78, 5) is 0.493. The third-order valence-corrected chi connectivity index (χ3v) is 0.816. The van der Waals surface area contributed by atoms with Crippen molar-refractivity contribution in [3.63, 3.8) is 0 Å². The predicted octanol–water partition coefficient (Wildman–Crippen LogP) is 1.81. The number of alkyl halides is 1. The number of rotatable bonds is 3. The van der Waals surface area contributed by atoms with E-state index in [4.69, 9.17) is 4.74 Å². The Labute approximate surface area is 53.2 Å². The van der Waals surface area contributed by atoms with Crippen molar-refractivity contribution in [2.24, 2.45) is 0 Å². The van der Waals surface area contributed by atoms with Gasteiger partial charge in [0, 0.05) is 11.4 Å². The Morgan fingerprint density at radius 3 is 2.43 bits per heavy atom. The van der Waals surface area contributed by atoms with Crippen molar-refractivity contribution in [3.8, 4) is 0 Å². The smallest absolute Gasteiger partial charge is 0.0588 e. The average molecular weight is 167 g/mol. The first kappa shape index (κ1) is 7.44. The van der Waals surface area contributed by atoms with Crippen LogP contribution in [0.3, 0.4) is 0 Å². The molecule has 7 heavy (non-hydrogen) atoms. The molecule has 0 aromatic heterocycles. The Morgan fingerprint density at radius 2 is 2.29 bits per heavy atom. The van der Waals surface area contributed by atoms with Gasteiger partial charge in [0.15, 0.2) is 0 Å². The van der Waals surface area contributed by atoms with E-state index in [1.54, 1.807) is 0 Å². The molecule has 1 nitrogen and oxygen atoms in total. The summed E-state index contributed by atoms with van der Waals surface area (Å²) in [6.45, 7) is 5.69. The minimum absolute atomic E-state index is 0.493. The van der Waals surface area contributed by atoms with Crippen molar-refractivity contribution in [2.75, 3.05) is 13.2 Å². The second kappa shape index (κ2) is 4.60. The molecule has 0 saturated carbocycles. The van der Waals surface area contributed by atoms with E-state index in [2.05, 4.69) is 22.9 Å². The Balaban J connectivity index is 2.68. The van der Waals surface area contributed by atoms with E-state index < -0.39 is 0 Å². The van der Waals surface area contributed by atoms with Gasteiger partial charge in [0.05, 0.1) is 6.61 Å². The van der Waals surface area contributed by atoms with E-state index in [9.17, 15) is 0 Å². The fourth-order valence-corrected chi connectivity index (χ4v) is 0.467. The van der Waals surface area contributed by atoms with Gasteiger partial charge < -0.3 is 4.74 Å². The minimum atomic E-state index is 0.493. The molecule has 1 atom stereocenters. The van der Waals surface area contributed by atoms with Gasteiger partial charge in [0.25, 0.3) is 0 Å². The molecule has 0 N–H and O–H groups in total. The molecule has 0 aliphatic heterocycles. The third-order valence-electron chi connectivity index (χ3n) is 0.552. The molecule has 44 valence electrons. The zero-order valence-corrected chi connectivity index (χ0v) is 6.36. The summed E-state index contributed by atoms with van der Waals surface area (Å²) < 4.78 is 5.05. The first-order chi connectivity index (χ1) is 3.27. The molecule has 0 amide bonds.